The molecule has 0 bridgehead atoms. The van der Waals surface area contributed by atoms with Crippen molar-refractivity contribution in [2.24, 2.45) is 0 Å². The Morgan fingerprint density at radius 2 is 1.93 bits per heavy atom. The smallest absolute Gasteiger partial charge is 0.262 e. The van der Waals surface area contributed by atoms with Gasteiger partial charge in [-0.25, -0.2) is 0 Å². The monoisotopic (exact) mass is 369 g/mol. The molecule has 2 aliphatic heterocycles. The maximum atomic E-state index is 12.1. The van der Waals surface area contributed by atoms with Crippen LogP contribution in [0, 0.1) is 0 Å². The van der Waals surface area contributed by atoms with Crippen molar-refractivity contribution in [3.63, 3.8) is 0 Å². The molecule has 8 nitrogen and oxygen atoms in total. The highest BCUT2D eigenvalue weighted by molar-refractivity contribution is 5.96. The van der Waals surface area contributed by atoms with E-state index in [-0.39, 0.29) is 25.2 Å². The number of nitrogens with zero attached hydrogens (tertiary/aromatic N) is 1. The number of fused-ring (bicyclic) bond motifs is 1. The van der Waals surface area contributed by atoms with Crippen molar-refractivity contribution < 1.29 is 23.8 Å². The molecule has 0 saturated carbocycles. The molecule has 140 valence electrons. The van der Waals surface area contributed by atoms with Crippen molar-refractivity contribution in [1.29, 1.82) is 0 Å². The average Bonchev–Trinajstić information content (AvgIpc) is 3.29. The highest BCUT2D eigenvalue weighted by Crippen LogP contribution is 2.38. The van der Waals surface area contributed by atoms with Gasteiger partial charge in [0.15, 0.2) is 18.1 Å². The molecule has 4 rings (SSSR count). The van der Waals surface area contributed by atoms with Crippen LogP contribution in [-0.2, 0) is 9.59 Å². The van der Waals surface area contributed by atoms with Gasteiger partial charge in [-0.3, -0.25) is 9.59 Å². The fraction of sp³-hybridized carbons (Fsp3) is 0.263. The van der Waals surface area contributed by atoms with E-state index in [4.69, 9.17) is 19.9 Å². The minimum absolute atomic E-state index is 0.129. The second-order valence-corrected chi connectivity index (χ2v) is 6.27. The molecular weight excluding hydrogens is 350 g/mol. The number of benzene rings is 2. The lowest BCUT2D eigenvalue weighted by Crippen LogP contribution is -2.23. The van der Waals surface area contributed by atoms with E-state index in [2.05, 4.69) is 5.32 Å². The molecule has 2 amide bonds. The van der Waals surface area contributed by atoms with Crippen molar-refractivity contribution in [2.75, 3.05) is 35.9 Å². The predicted molar refractivity (Wildman–Crippen MR) is 99.1 cm³/mol. The van der Waals surface area contributed by atoms with E-state index in [1.165, 1.54) is 0 Å². The number of ether oxygens (including phenoxy) is 3. The van der Waals surface area contributed by atoms with Crippen LogP contribution in [0.4, 0.5) is 17.1 Å². The second kappa shape index (κ2) is 7.06. The van der Waals surface area contributed by atoms with Gasteiger partial charge in [-0.05, 0) is 30.7 Å². The van der Waals surface area contributed by atoms with Crippen LogP contribution in [0.3, 0.4) is 0 Å². The topological polar surface area (TPSA) is 103 Å². The molecule has 27 heavy (non-hydrogen) atoms. The highest BCUT2D eigenvalue weighted by atomic mass is 16.7. The van der Waals surface area contributed by atoms with Crippen LogP contribution in [0.1, 0.15) is 12.8 Å². The molecule has 2 heterocycles. The van der Waals surface area contributed by atoms with Gasteiger partial charge in [0, 0.05) is 30.8 Å². The predicted octanol–water partition coefficient (Wildman–Crippen LogP) is 2.14. The summed E-state index contributed by atoms with van der Waals surface area (Å²) < 4.78 is 16.0. The summed E-state index contributed by atoms with van der Waals surface area (Å²) in [6.07, 6.45) is 1.46. The van der Waals surface area contributed by atoms with E-state index in [0.717, 1.165) is 18.7 Å². The van der Waals surface area contributed by atoms with Gasteiger partial charge in [0.05, 0.1) is 11.4 Å². The number of nitrogens with one attached hydrogen (secondary N) is 1. The minimum Gasteiger partial charge on any atom is -0.484 e. The van der Waals surface area contributed by atoms with E-state index in [1.54, 1.807) is 29.2 Å². The van der Waals surface area contributed by atoms with Crippen LogP contribution in [0.5, 0.6) is 17.2 Å². The molecule has 0 aromatic heterocycles. The first-order chi connectivity index (χ1) is 13.1. The largest absolute Gasteiger partial charge is 0.484 e. The number of hydrogen-bond donors (Lipinski definition) is 2. The summed E-state index contributed by atoms with van der Waals surface area (Å²) in [7, 11) is 0. The number of nitrogen functional groups attached to an aromatic ring is 1. The third-order valence-corrected chi connectivity index (χ3v) is 4.41. The van der Waals surface area contributed by atoms with Crippen LogP contribution in [-0.4, -0.2) is 31.8 Å². The maximum absolute atomic E-state index is 12.1. The normalized spacial score (nSPS) is 15.1. The third-order valence-electron chi connectivity index (χ3n) is 4.41. The first-order valence-corrected chi connectivity index (χ1v) is 8.62. The van der Waals surface area contributed by atoms with E-state index < -0.39 is 0 Å². The van der Waals surface area contributed by atoms with Gasteiger partial charge in [-0.2, -0.15) is 0 Å². The molecule has 1 fully saturated rings. The number of hydrogen-bond acceptors (Lipinski definition) is 6. The molecule has 0 spiro atoms. The lowest BCUT2D eigenvalue weighted by molar-refractivity contribution is -0.118. The van der Waals surface area contributed by atoms with Gasteiger partial charge in [-0.15, -0.1) is 0 Å². The van der Waals surface area contributed by atoms with E-state index in [1.807, 2.05) is 12.1 Å². The molecule has 0 unspecified atom stereocenters. The van der Waals surface area contributed by atoms with E-state index in [0.29, 0.717) is 35.0 Å². The molecule has 1 saturated heterocycles. The number of carbonyl (C=O) groups excluding carboxylic acids is 2. The van der Waals surface area contributed by atoms with Crippen molar-refractivity contribution in [1.82, 2.24) is 0 Å². The lowest BCUT2D eigenvalue weighted by Gasteiger charge is -2.16. The van der Waals surface area contributed by atoms with Gasteiger partial charge in [-0.1, -0.05) is 0 Å². The van der Waals surface area contributed by atoms with Crippen molar-refractivity contribution >= 4 is 28.9 Å². The van der Waals surface area contributed by atoms with Gasteiger partial charge in [0.25, 0.3) is 5.91 Å². The Balaban J connectivity index is 1.33. The molecule has 8 heteroatoms. The molecule has 3 N–H and O–H groups in total. The Kier molecular flexibility index (Phi) is 4.45. The highest BCUT2D eigenvalue weighted by Gasteiger charge is 2.21. The summed E-state index contributed by atoms with van der Waals surface area (Å²) in [6.45, 7) is 0.697. The summed E-state index contributed by atoms with van der Waals surface area (Å²) in [4.78, 5) is 25.7. The molecule has 0 radical (unpaired) electrons. The first kappa shape index (κ1) is 17.0. The molecule has 2 aliphatic rings. The Morgan fingerprint density at radius 1 is 1.19 bits per heavy atom. The number of anilines is 3. The summed E-state index contributed by atoms with van der Waals surface area (Å²) in [5.74, 6) is 1.41. The second-order valence-electron chi connectivity index (χ2n) is 6.27. The van der Waals surface area contributed by atoms with Crippen LogP contribution in [0.25, 0.3) is 0 Å². The fourth-order valence-electron chi connectivity index (χ4n) is 3.04. The zero-order valence-electron chi connectivity index (χ0n) is 14.6. The zero-order chi connectivity index (χ0) is 18.8. The number of amides is 2. The Morgan fingerprint density at radius 3 is 2.63 bits per heavy atom. The van der Waals surface area contributed by atoms with Crippen molar-refractivity contribution in [3.05, 3.63) is 36.4 Å². The third kappa shape index (κ3) is 3.59. The average molecular weight is 369 g/mol. The summed E-state index contributed by atoms with van der Waals surface area (Å²) in [6, 6.07) is 10.3. The van der Waals surface area contributed by atoms with Crippen molar-refractivity contribution in [2.45, 2.75) is 12.8 Å². The number of nitrogens with two attached hydrogens (primary N) is 1. The van der Waals surface area contributed by atoms with Crippen LogP contribution < -0.4 is 30.2 Å². The van der Waals surface area contributed by atoms with Gasteiger partial charge in [0.2, 0.25) is 12.7 Å². The maximum Gasteiger partial charge on any atom is 0.262 e. The van der Waals surface area contributed by atoms with Crippen LogP contribution >= 0.6 is 0 Å². The zero-order valence-corrected chi connectivity index (χ0v) is 14.6. The Labute approximate surface area is 155 Å². The van der Waals surface area contributed by atoms with Crippen LogP contribution in [0.2, 0.25) is 0 Å². The summed E-state index contributed by atoms with van der Waals surface area (Å²) >= 11 is 0. The lowest BCUT2D eigenvalue weighted by atomic mass is 10.2. The number of carbonyl (C=O) groups is 2. The fourth-order valence-corrected chi connectivity index (χ4v) is 3.04. The summed E-state index contributed by atoms with van der Waals surface area (Å²) in [5.41, 5.74) is 7.57. The molecule has 2 aromatic rings. The Bertz CT molecular complexity index is 882. The summed E-state index contributed by atoms with van der Waals surface area (Å²) in [5, 5.41) is 2.69. The molecule has 0 atom stereocenters. The Hall–Kier alpha value is -3.42. The van der Waals surface area contributed by atoms with E-state index >= 15 is 0 Å². The standard InChI is InChI=1S/C19H19N3O5/c20-14-8-16-17(27-11-26-16)9-15(14)21-18(23)10-25-13-5-3-12(4-6-13)22-7-1-2-19(22)24/h3-6,8-9H,1-2,7,10-11,20H2,(H,21,23). The molecule has 2 aromatic carbocycles. The van der Waals surface area contributed by atoms with E-state index in [9.17, 15) is 9.59 Å². The quantitative estimate of drug-likeness (QED) is 0.783. The number of rotatable bonds is 5. The first-order valence-electron chi connectivity index (χ1n) is 8.62. The molecular formula is C19H19N3O5. The van der Waals surface area contributed by atoms with Gasteiger partial charge in [0.1, 0.15) is 5.75 Å². The van der Waals surface area contributed by atoms with Gasteiger partial charge >= 0.3 is 0 Å². The van der Waals surface area contributed by atoms with Gasteiger partial charge < -0.3 is 30.2 Å². The molecule has 0 aliphatic carbocycles. The SMILES string of the molecule is Nc1cc2c(cc1NC(=O)COc1ccc(N3CCCC3=O)cc1)OCO2. The van der Waals surface area contributed by atoms with Crippen molar-refractivity contribution in [3.8, 4) is 17.2 Å². The van der Waals surface area contributed by atoms with Crippen LogP contribution in [0.15, 0.2) is 36.4 Å². The minimum atomic E-state index is -0.348.